The van der Waals surface area contributed by atoms with Gasteiger partial charge in [-0.3, -0.25) is 9.59 Å². The topological polar surface area (TPSA) is 297 Å². The van der Waals surface area contributed by atoms with E-state index in [9.17, 15) is 28.8 Å². The summed E-state index contributed by atoms with van der Waals surface area (Å²) in [4.78, 5) is 69.7. The Morgan fingerprint density at radius 2 is 0.605 bits per heavy atom. The van der Waals surface area contributed by atoms with Crippen molar-refractivity contribution < 1.29 is 101 Å². The Morgan fingerprint density at radius 1 is 0.384 bits per heavy atom. The number of rotatable bonds is 20. The Kier molecular flexibility index (Phi) is 32.7. The third-order valence-electron chi connectivity index (χ3n) is 10.3. The number of esters is 2. The number of methoxy groups -OCH3 is 2. The SMILES string of the molecule is CC(C)Oc1cc(C(=O)Nc2ccc(C(=O)O)cc2)cc(OC(C)C)c1Cl.CC(C)Oc1cc(C(=O)O)cc(OC(C)C)c1Cl.COC(=O)c1ccc(N)cc1.COC(=O)c1ccc(NC(=O)c2cc(OC(C)C)c(Cl)c(OC(C)C)c2)cc1.[Li+].[OH-]. The molecule has 24 heteroatoms. The van der Waals surface area contributed by atoms with Gasteiger partial charge in [-0.05, 0) is 192 Å². The molecule has 0 fully saturated rings. The molecule has 6 rings (SSSR count). The number of carbonyl (C=O) groups excluding carboxylic acids is 4. The maximum Gasteiger partial charge on any atom is 1.00 e. The van der Waals surface area contributed by atoms with Crippen LogP contribution in [0.4, 0.5) is 17.1 Å². The molecule has 0 aliphatic rings. The van der Waals surface area contributed by atoms with Crippen molar-refractivity contribution in [2.45, 2.75) is 120 Å². The molecule has 0 aliphatic carbocycles. The van der Waals surface area contributed by atoms with E-state index in [2.05, 4.69) is 20.1 Å². The minimum atomic E-state index is -1.05. The summed E-state index contributed by atoms with van der Waals surface area (Å²) in [5, 5.41) is 24.4. The molecule has 0 aromatic heterocycles. The molecule has 86 heavy (non-hydrogen) atoms. The zero-order chi connectivity index (χ0) is 63.1. The predicted octanol–water partition coefficient (Wildman–Crippen LogP) is 11.3. The van der Waals surface area contributed by atoms with Gasteiger partial charge in [0.15, 0.2) is 0 Å². The summed E-state index contributed by atoms with van der Waals surface area (Å²) in [7, 11) is 2.66. The van der Waals surface area contributed by atoms with Gasteiger partial charge in [-0.2, -0.15) is 0 Å². The first-order valence-corrected chi connectivity index (χ1v) is 27.4. The van der Waals surface area contributed by atoms with Crippen LogP contribution in [0.3, 0.4) is 0 Å². The summed E-state index contributed by atoms with van der Waals surface area (Å²) < 4.78 is 42.9. The molecule has 7 N–H and O–H groups in total. The number of aromatic carboxylic acids is 2. The quantitative estimate of drug-likeness (QED) is 0.0269. The maximum atomic E-state index is 12.7. The summed E-state index contributed by atoms with van der Waals surface area (Å²) in [5.74, 6) is -1.50. The molecule has 0 heterocycles. The zero-order valence-electron chi connectivity index (χ0n) is 50.6. The van der Waals surface area contributed by atoms with Gasteiger partial charge < -0.3 is 70.0 Å². The smallest absolute Gasteiger partial charge is 0.870 e. The van der Waals surface area contributed by atoms with Crippen molar-refractivity contribution in [3.8, 4) is 34.5 Å². The van der Waals surface area contributed by atoms with Crippen molar-refractivity contribution in [2.75, 3.05) is 30.6 Å². The number of ether oxygens (including phenoxy) is 8. The molecule has 0 unspecified atom stereocenters. The van der Waals surface area contributed by atoms with Crippen LogP contribution in [0.5, 0.6) is 34.5 Å². The van der Waals surface area contributed by atoms with Crippen LogP contribution >= 0.6 is 34.8 Å². The molecular weight excluding hydrogens is 1170 g/mol. The molecule has 0 spiro atoms. The molecule has 0 aliphatic heterocycles. The molecule has 20 nitrogen and oxygen atoms in total. The van der Waals surface area contributed by atoms with E-state index in [1.807, 2.05) is 83.1 Å². The van der Waals surface area contributed by atoms with E-state index < -0.39 is 23.8 Å². The molecule has 460 valence electrons. The average Bonchev–Trinajstić information content (AvgIpc) is 1.55. The number of carboxylic acids is 2. The zero-order valence-corrected chi connectivity index (χ0v) is 52.9. The molecule has 6 aromatic rings. The third kappa shape index (κ3) is 25.4. The Bertz CT molecular complexity index is 3100. The number of anilines is 3. The summed E-state index contributed by atoms with van der Waals surface area (Å²) in [6.45, 7) is 22.3. The molecular formula is C62H73Cl3LiN3O17. The van der Waals surface area contributed by atoms with E-state index in [4.69, 9.17) is 79.2 Å². The van der Waals surface area contributed by atoms with E-state index in [0.29, 0.717) is 88.9 Å². The van der Waals surface area contributed by atoms with Gasteiger partial charge in [0.1, 0.15) is 49.6 Å². The predicted molar refractivity (Wildman–Crippen MR) is 327 cm³/mol. The molecule has 0 atom stereocenters. The first kappa shape index (κ1) is 76.2. The van der Waals surface area contributed by atoms with Gasteiger partial charge in [-0.25, -0.2) is 19.2 Å². The average molecular weight is 1250 g/mol. The van der Waals surface area contributed by atoms with Crippen LogP contribution < -0.4 is 63.6 Å². The van der Waals surface area contributed by atoms with E-state index in [-0.39, 0.29) is 84.0 Å². The van der Waals surface area contributed by atoms with Crippen LogP contribution in [0.15, 0.2) is 109 Å². The van der Waals surface area contributed by atoms with E-state index in [0.717, 1.165) is 0 Å². The normalized spacial score (nSPS) is 10.3. The molecule has 0 saturated heterocycles. The Morgan fingerprint density at radius 3 is 0.826 bits per heavy atom. The van der Waals surface area contributed by atoms with Gasteiger partial charge in [0.25, 0.3) is 11.8 Å². The second-order valence-corrected chi connectivity index (χ2v) is 20.8. The monoisotopic (exact) mass is 1240 g/mol. The van der Waals surface area contributed by atoms with Gasteiger partial charge in [-0.1, -0.05) is 34.8 Å². The largest absolute Gasteiger partial charge is 1.00 e. The number of hydrogen-bond acceptors (Lipinski definition) is 16. The number of carbonyl (C=O) groups is 6. The van der Waals surface area contributed by atoms with Gasteiger partial charge in [-0.15, -0.1) is 0 Å². The Hall–Kier alpha value is -7.83. The number of nitrogens with two attached hydrogens (primary N) is 1. The van der Waals surface area contributed by atoms with Gasteiger partial charge in [0.2, 0.25) is 0 Å². The number of halogens is 3. The van der Waals surface area contributed by atoms with Crippen molar-refractivity contribution in [2.24, 2.45) is 0 Å². The minimum absolute atomic E-state index is 0. The number of benzene rings is 6. The van der Waals surface area contributed by atoms with Crippen molar-refractivity contribution in [3.05, 3.63) is 158 Å². The molecule has 0 radical (unpaired) electrons. The molecule has 2 amide bonds. The van der Waals surface area contributed by atoms with Crippen LogP contribution in [0, 0.1) is 0 Å². The van der Waals surface area contributed by atoms with Crippen molar-refractivity contribution in [1.82, 2.24) is 0 Å². The van der Waals surface area contributed by atoms with Gasteiger partial charge >= 0.3 is 42.7 Å². The van der Waals surface area contributed by atoms with E-state index >= 15 is 0 Å². The molecule has 0 bridgehead atoms. The molecule has 6 aromatic carbocycles. The minimum Gasteiger partial charge on any atom is -0.870 e. The Balaban J connectivity index is 0.000000596. The number of nitrogen functional groups attached to an aromatic ring is 1. The fourth-order valence-electron chi connectivity index (χ4n) is 6.79. The van der Waals surface area contributed by atoms with E-state index in [1.165, 1.54) is 50.6 Å². The van der Waals surface area contributed by atoms with Gasteiger partial charge in [0.05, 0.1) is 73.1 Å². The molecule has 0 saturated carbocycles. The van der Waals surface area contributed by atoms with E-state index in [1.54, 1.807) is 72.8 Å². The van der Waals surface area contributed by atoms with Gasteiger partial charge in [0, 0.05) is 28.2 Å². The standard InChI is InChI=1S/C21H24ClNO5.C20H22ClNO5.C13H17ClO4.C8H9NO2.Li.H2O/c1-12(2)27-17-10-15(11-18(19(17)22)28-13(3)4)20(24)23-16-8-6-14(7-9-16)21(25)26-5;1-11(2)26-16-9-14(10-17(18(16)21)27-12(3)4)19(23)22-15-7-5-13(6-8-15)20(24)25;1-7(2)17-10-5-9(13(15)16)6-11(12(10)14)18-8(3)4;1-11-8(10)6-2-4-7(9)5-3-6;;/h6-13H,1-5H3,(H,23,24);5-12H,1-4H3,(H,22,23)(H,24,25);5-8H,1-4H3,(H,15,16);2-5H,9H2,1H3;;1H2/q;;;;+1;/p-1. The van der Waals surface area contributed by atoms with Crippen LogP contribution in [-0.2, 0) is 9.47 Å². The summed E-state index contributed by atoms with van der Waals surface area (Å²) in [6, 6.07) is 27.9. The summed E-state index contributed by atoms with van der Waals surface area (Å²) in [5.41, 5.74) is 8.85. The van der Waals surface area contributed by atoms with Crippen molar-refractivity contribution in [3.63, 3.8) is 0 Å². The number of hydrogen-bond donors (Lipinski definition) is 5. The van der Waals surface area contributed by atoms with Crippen LogP contribution in [0.25, 0.3) is 0 Å². The summed E-state index contributed by atoms with van der Waals surface area (Å²) >= 11 is 18.8. The van der Waals surface area contributed by atoms with Crippen molar-refractivity contribution in [1.29, 1.82) is 0 Å². The van der Waals surface area contributed by atoms with Crippen LogP contribution in [-0.4, -0.2) is 102 Å². The van der Waals surface area contributed by atoms with Crippen LogP contribution in [0.1, 0.15) is 145 Å². The van der Waals surface area contributed by atoms with Crippen LogP contribution in [0.2, 0.25) is 15.1 Å². The Labute approximate surface area is 528 Å². The maximum absolute atomic E-state index is 12.7. The second-order valence-electron chi connectivity index (χ2n) is 19.6. The summed E-state index contributed by atoms with van der Waals surface area (Å²) in [6.07, 6.45) is -0.688. The first-order valence-electron chi connectivity index (χ1n) is 26.2. The number of nitrogens with one attached hydrogen (secondary N) is 2. The number of carboxylic acid groups (broad SMARTS) is 2. The third-order valence-corrected chi connectivity index (χ3v) is 11.4. The number of amides is 2. The first-order chi connectivity index (χ1) is 39.4. The fourth-order valence-corrected chi connectivity index (χ4v) is 7.38. The second kappa shape index (κ2) is 36.9. The van der Waals surface area contributed by atoms with Crippen molar-refractivity contribution >= 4 is 87.6 Å². The fraction of sp³-hybridized carbons (Fsp3) is 0.323.